The molecule has 0 aliphatic rings. The summed E-state index contributed by atoms with van der Waals surface area (Å²) in [7, 11) is 3.75. The molecule has 2 rings (SSSR count). The van der Waals surface area contributed by atoms with Gasteiger partial charge in [0.2, 0.25) is 0 Å². The fourth-order valence-electron chi connectivity index (χ4n) is 2.23. The third kappa shape index (κ3) is 3.34. The quantitative estimate of drug-likeness (QED) is 0.747. The van der Waals surface area contributed by atoms with Crippen molar-refractivity contribution >= 4 is 16.8 Å². The largest absolute Gasteiger partial charge is 0.387 e. The van der Waals surface area contributed by atoms with Gasteiger partial charge in [-0.2, -0.15) is 5.10 Å². The Morgan fingerprint density at radius 1 is 1.45 bits per heavy atom. The first-order valence-electron chi connectivity index (χ1n) is 6.47. The first-order valence-corrected chi connectivity index (χ1v) is 6.47. The van der Waals surface area contributed by atoms with Gasteiger partial charge < -0.3 is 15.3 Å². The lowest BCUT2D eigenvalue weighted by atomic mass is 10.1. The molecule has 20 heavy (non-hydrogen) atoms. The van der Waals surface area contributed by atoms with Gasteiger partial charge in [0.25, 0.3) is 5.91 Å². The molecular formula is C14H20N4O2. The van der Waals surface area contributed by atoms with Crippen LogP contribution in [0.3, 0.4) is 0 Å². The summed E-state index contributed by atoms with van der Waals surface area (Å²) in [5.74, 6) is -0.290. The number of benzene rings is 1. The number of amides is 1. The fraction of sp³-hybridized carbons (Fsp3) is 0.429. The van der Waals surface area contributed by atoms with Crippen molar-refractivity contribution in [1.29, 1.82) is 0 Å². The molecule has 1 heterocycles. The summed E-state index contributed by atoms with van der Waals surface area (Å²) in [4.78, 5) is 14.0. The van der Waals surface area contributed by atoms with Crippen molar-refractivity contribution in [3.8, 4) is 0 Å². The van der Waals surface area contributed by atoms with Gasteiger partial charge in [0.05, 0.1) is 11.1 Å². The lowest BCUT2D eigenvalue weighted by Crippen LogP contribution is -2.47. The molecule has 0 aliphatic carbocycles. The summed E-state index contributed by atoms with van der Waals surface area (Å²) in [6.07, 6.45) is 0. The minimum absolute atomic E-state index is 0.172. The average molecular weight is 276 g/mol. The van der Waals surface area contributed by atoms with Gasteiger partial charge in [-0.15, -0.1) is 0 Å². The SMILES string of the molecule is CN(C)CC(C)(O)CNC(=O)c1n[nH]c2ccccc12. The topological polar surface area (TPSA) is 81.2 Å². The van der Waals surface area contributed by atoms with Gasteiger partial charge in [-0.05, 0) is 27.1 Å². The van der Waals surface area contributed by atoms with Crippen LogP contribution in [0.25, 0.3) is 10.9 Å². The molecule has 0 fully saturated rings. The van der Waals surface area contributed by atoms with E-state index < -0.39 is 5.60 Å². The predicted octanol–water partition coefficient (Wildman–Crippen LogP) is 0.605. The first-order chi connectivity index (χ1) is 9.39. The van der Waals surface area contributed by atoms with Crippen molar-refractivity contribution in [2.45, 2.75) is 12.5 Å². The molecule has 108 valence electrons. The molecule has 0 aliphatic heterocycles. The number of rotatable bonds is 5. The molecule has 1 atom stereocenters. The van der Waals surface area contributed by atoms with E-state index in [9.17, 15) is 9.90 Å². The Balaban J connectivity index is 2.06. The Labute approximate surface area is 117 Å². The van der Waals surface area contributed by atoms with E-state index in [4.69, 9.17) is 0 Å². The highest BCUT2D eigenvalue weighted by Crippen LogP contribution is 2.15. The number of likely N-dealkylation sites (N-methyl/N-ethyl adjacent to an activating group) is 1. The fourth-order valence-corrected chi connectivity index (χ4v) is 2.23. The van der Waals surface area contributed by atoms with Gasteiger partial charge in [0.15, 0.2) is 5.69 Å². The third-order valence-corrected chi connectivity index (χ3v) is 2.97. The van der Waals surface area contributed by atoms with Crippen LogP contribution < -0.4 is 5.32 Å². The molecule has 3 N–H and O–H groups in total. The highest BCUT2D eigenvalue weighted by molar-refractivity contribution is 6.04. The second-order valence-electron chi connectivity index (χ2n) is 5.54. The molecule has 1 unspecified atom stereocenters. The smallest absolute Gasteiger partial charge is 0.272 e. The van der Waals surface area contributed by atoms with Gasteiger partial charge in [0, 0.05) is 18.5 Å². The van der Waals surface area contributed by atoms with E-state index in [0.29, 0.717) is 12.2 Å². The van der Waals surface area contributed by atoms with Crippen LogP contribution in [0.2, 0.25) is 0 Å². The van der Waals surface area contributed by atoms with E-state index in [0.717, 1.165) is 10.9 Å². The van der Waals surface area contributed by atoms with Crippen molar-refractivity contribution in [3.05, 3.63) is 30.0 Å². The predicted molar refractivity (Wildman–Crippen MR) is 77.6 cm³/mol. The summed E-state index contributed by atoms with van der Waals surface area (Å²) in [6.45, 7) is 2.33. The Hall–Kier alpha value is -1.92. The zero-order chi connectivity index (χ0) is 14.8. The van der Waals surface area contributed by atoms with Gasteiger partial charge in [-0.1, -0.05) is 18.2 Å². The van der Waals surface area contributed by atoms with E-state index in [1.807, 2.05) is 43.3 Å². The van der Waals surface area contributed by atoms with E-state index in [-0.39, 0.29) is 12.5 Å². The molecule has 0 saturated heterocycles. The van der Waals surface area contributed by atoms with E-state index >= 15 is 0 Å². The van der Waals surface area contributed by atoms with Crippen LogP contribution in [-0.2, 0) is 0 Å². The van der Waals surface area contributed by atoms with Crippen LogP contribution >= 0.6 is 0 Å². The molecule has 0 radical (unpaired) electrons. The number of carbonyl (C=O) groups is 1. The Kier molecular flexibility index (Phi) is 4.06. The number of hydrogen-bond acceptors (Lipinski definition) is 4. The second kappa shape index (κ2) is 5.60. The molecular weight excluding hydrogens is 256 g/mol. The summed E-state index contributed by atoms with van der Waals surface area (Å²) in [6, 6.07) is 7.44. The molecule has 1 aromatic carbocycles. The van der Waals surface area contributed by atoms with Crippen LogP contribution in [0.4, 0.5) is 0 Å². The van der Waals surface area contributed by atoms with Gasteiger partial charge >= 0.3 is 0 Å². The van der Waals surface area contributed by atoms with Gasteiger partial charge in [-0.25, -0.2) is 0 Å². The van der Waals surface area contributed by atoms with Crippen LogP contribution in [0, 0.1) is 0 Å². The number of hydrogen-bond donors (Lipinski definition) is 3. The van der Waals surface area contributed by atoms with E-state index in [2.05, 4.69) is 15.5 Å². The molecule has 1 aromatic heterocycles. The molecule has 6 nitrogen and oxygen atoms in total. The average Bonchev–Trinajstić information content (AvgIpc) is 2.78. The molecule has 2 aromatic rings. The van der Waals surface area contributed by atoms with Crippen molar-refractivity contribution in [2.75, 3.05) is 27.2 Å². The number of nitrogens with zero attached hydrogens (tertiary/aromatic N) is 2. The van der Waals surface area contributed by atoms with Crippen LogP contribution in [0.1, 0.15) is 17.4 Å². The minimum Gasteiger partial charge on any atom is -0.387 e. The summed E-state index contributed by atoms with van der Waals surface area (Å²) >= 11 is 0. The highest BCUT2D eigenvalue weighted by Gasteiger charge is 2.23. The van der Waals surface area contributed by atoms with Crippen molar-refractivity contribution in [3.63, 3.8) is 0 Å². The third-order valence-electron chi connectivity index (χ3n) is 2.97. The zero-order valence-corrected chi connectivity index (χ0v) is 12.0. The van der Waals surface area contributed by atoms with E-state index in [1.165, 1.54) is 0 Å². The van der Waals surface area contributed by atoms with Crippen LogP contribution in [0.5, 0.6) is 0 Å². The van der Waals surface area contributed by atoms with Gasteiger partial charge in [-0.3, -0.25) is 9.89 Å². The van der Waals surface area contributed by atoms with Crippen LogP contribution in [-0.4, -0.2) is 58.9 Å². The summed E-state index contributed by atoms with van der Waals surface area (Å²) < 4.78 is 0. The number of H-pyrrole nitrogens is 1. The summed E-state index contributed by atoms with van der Waals surface area (Å²) in [5.41, 5.74) is 0.185. The number of aromatic nitrogens is 2. The Morgan fingerprint density at radius 3 is 2.85 bits per heavy atom. The van der Waals surface area contributed by atoms with Gasteiger partial charge in [0.1, 0.15) is 0 Å². The standard InChI is InChI=1S/C14H20N4O2/c1-14(20,9-18(2)3)8-15-13(19)12-10-6-4-5-7-11(10)16-17-12/h4-7,20H,8-9H2,1-3H3,(H,15,19)(H,16,17). The van der Waals surface area contributed by atoms with Crippen molar-refractivity contribution in [2.24, 2.45) is 0 Å². The number of nitrogens with one attached hydrogen (secondary N) is 2. The molecule has 0 spiro atoms. The lowest BCUT2D eigenvalue weighted by molar-refractivity contribution is 0.0325. The number of aliphatic hydroxyl groups is 1. The summed E-state index contributed by atoms with van der Waals surface area (Å²) in [5, 5.41) is 20.5. The second-order valence-corrected chi connectivity index (χ2v) is 5.54. The number of para-hydroxylation sites is 1. The maximum Gasteiger partial charge on any atom is 0.272 e. The minimum atomic E-state index is -0.981. The number of carbonyl (C=O) groups excluding carboxylic acids is 1. The maximum atomic E-state index is 12.1. The monoisotopic (exact) mass is 276 g/mol. The maximum absolute atomic E-state index is 12.1. The first kappa shape index (κ1) is 14.5. The Morgan fingerprint density at radius 2 is 2.15 bits per heavy atom. The molecule has 6 heteroatoms. The Bertz CT molecular complexity index is 604. The van der Waals surface area contributed by atoms with Crippen molar-refractivity contribution in [1.82, 2.24) is 20.4 Å². The number of fused-ring (bicyclic) bond motifs is 1. The lowest BCUT2D eigenvalue weighted by Gasteiger charge is -2.26. The van der Waals surface area contributed by atoms with E-state index in [1.54, 1.807) is 6.92 Å². The normalized spacial score (nSPS) is 14.4. The molecule has 0 saturated carbocycles. The van der Waals surface area contributed by atoms with Crippen LogP contribution in [0.15, 0.2) is 24.3 Å². The van der Waals surface area contributed by atoms with Crippen molar-refractivity contribution < 1.29 is 9.90 Å². The number of aromatic amines is 1. The molecule has 0 bridgehead atoms. The highest BCUT2D eigenvalue weighted by atomic mass is 16.3. The zero-order valence-electron chi connectivity index (χ0n) is 12.0. The molecule has 1 amide bonds.